The van der Waals surface area contributed by atoms with Crippen molar-refractivity contribution in [2.24, 2.45) is 17.7 Å². The van der Waals surface area contributed by atoms with Crippen LogP contribution in [0, 0.1) is 0 Å². The lowest BCUT2D eigenvalue weighted by molar-refractivity contribution is -0.195. The zero-order chi connectivity index (χ0) is 67.9. The molecule has 6 aromatic rings. The van der Waals surface area contributed by atoms with Gasteiger partial charge in [-0.25, -0.2) is 0 Å². The van der Waals surface area contributed by atoms with Crippen molar-refractivity contribution in [1.82, 2.24) is 0 Å². The van der Waals surface area contributed by atoms with E-state index in [1.807, 2.05) is 207 Å². The fraction of sp³-hybridized carbons (Fsp3) is 0.390. The van der Waals surface area contributed by atoms with Crippen molar-refractivity contribution in [2.75, 3.05) is 35.6 Å². The molecule has 578 valence electrons. The molecule has 0 bridgehead atoms. The number of carbonyl (C=O) groups is 2. The number of rotatable bonds is 30. The van der Waals surface area contributed by atoms with Crippen LogP contribution in [0.1, 0.15) is 215 Å². The van der Waals surface area contributed by atoms with Gasteiger partial charge in [0.2, 0.25) is 10.2 Å². The van der Waals surface area contributed by atoms with Gasteiger partial charge < -0.3 is 30.2 Å². The van der Waals surface area contributed by atoms with Crippen molar-refractivity contribution in [1.29, 1.82) is 0 Å². The largest absolute Gasteiger partial charge is 0.454 e. The number of benzene rings is 6. The molecular formula is C77H132N6O11S7. The third-order valence-electron chi connectivity index (χ3n) is 11.2. The molecule has 0 amide bonds. The van der Waals surface area contributed by atoms with Crippen LogP contribution in [-0.2, 0) is 28.0 Å². The summed E-state index contributed by atoms with van der Waals surface area (Å²) in [5.74, 6) is 18.5. The van der Waals surface area contributed by atoms with Gasteiger partial charge >= 0.3 is 0 Å². The summed E-state index contributed by atoms with van der Waals surface area (Å²) < 4.78 is 32.9. The third-order valence-corrected chi connectivity index (χ3v) is 14.1. The van der Waals surface area contributed by atoms with Gasteiger partial charge in [-0.15, -0.1) is 65.9 Å². The lowest BCUT2D eigenvalue weighted by Crippen LogP contribution is -2.05. The van der Waals surface area contributed by atoms with Gasteiger partial charge in [0.1, 0.15) is 17.2 Å². The summed E-state index contributed by atoms with van der Waals surface area (Å²) in [7, 11) is 0. The SMILES string of the molecule is C.C.C.C.C.C.C.C.C.C.CC=CC.CC=CC.CC=CC.CC=CC.CCCCNc1cc(C(=O)S)cc(SOON)c1Oc1ccccc1.CCCCNc1cc(C(=O)S)cc(SOON)c1Oc1ccccc1.CCCCNc1cc(C(=S)S)cc(SOON)c1Oc1ccccc1. The lowest BCUT2D eigenvalue weighted by atomic mass is 10.2. The summed E-state index contributed by atoms with van der Waals surface area (Å²) in [6, 6.07) is 38.5. The van der Waals surface area contributed by atoms with E-state index in [4.69, 9.17) is 57.1 Å². The lowest BCUT2D eigenvalue weighted by Gasteiger charge is -2.17. The molecule has 0 spiro atoms. The predicted octanol–water partition coefficient (Wildman–Crippen LogP) is 27.0. The van der Waals surface area contributed by atoms with Gasteiger partial charge in [-0.1, -0.05) is 230 Å². The summed E-state index contributed by atoms with van der Waals surface area (Å²) in [6.07, 6.45) is 22.2. The minimum absolute atomic E-state index is 0. The Kier molecular flexibility index (Phi) is 94.4. The smallest absolute Gasteiger partial charge is 0.216 e. The Morgan fingerprint density at radius 2 is 0.604 bits per heavy atom. The van der Waals surface area contributed by atoms with Gasteiger partial charge in [0.05, 0.1) is 72.1 Å². The van der Waals surface area contributed by atoms with E-state index in [2.05, 4.69) is 89.6 Å². The van der Waals surface area contributed by atoms with E-state index in [1.165, 1.54) is 0 Å². The second-order valence-corrected chi connectivity index (χ2v) is 22.2. The molecule has 0 fully saturated rings. The van der Waals surface area contributed by atoms with Crippen LogP contribution < -0.4 is 47.9 Å². The highest BCUT2D eigenvalue weighted by atomic mass is 32.2. The maximum Gasteiger partial charge on any atom is 0.216 e. The fourth-order valence-corrected chi connectivity index (χ4v) is 8.31. The van der Waals surface area contributed by atoms with Gasteiger partial charge in [-0.2, -0.15) is 17.7 Å². The van der Waals surface area contributed by atoms with Crippen molar-refractivity contribution in [2.45, 2.75) is 204 Å². The molecule has 0 unspecified atom stereocenters. The van der Waals surface area contributed by atoms with Crippen LogP contribution in [0.25, 0.3) is 0 Å². The number of carbonyl (C=O) groups excluding carboxylic acids is 2. The topological polar surface area (TPSA) is 231 Å². The van der Waals surface area contributed by atoms with Gasteiger partial charge in [0.25, 0.3) is 0 Å². The molecule has 0 saturated carbocycles. The van der Waals surface area contributed by atoms with Crippen molar-refractivity contribution < 1.29 is 51.8 Å². The van der Waals surface area contributed by atoms with E-state index in [0.717, 1.165) is 106 Å². The van der Waals surface area contributed by atoms with Crippen LogP contribution in [0.15, 0.2) is 191 Å². The highest BCUT2D eigenvalue weighted by Gasteiger charge is 2.20. The number of thiocarbonyl (C=S) groups is 1. The summed E-state index contributed by atoms with van der Waals surface area (Å²) >= 11 is 19.9. The first-order chi connectivity index (χ1) is 44.1. The molecule has 0 radical (unpaired) electrons. The molecule has 0 aliphatic carbocycles. The average Bonchev–Trinajstić information content (AvgIpc) is 0.830. The number of hydrogen-bond donors (Lipinski definition) is 9. The quantitative estimate of drug-likeness (QED) is 0.00388. The average molecular weight is 1540 g/mol. The van der Waals surface area contributed by atoms with Crippen LogP contribution in [0.2, 0.25) is 0 Å². The van der Waals surface area contributed by atoms with E-state index in [9.17, 15) is 9.59 Å². The minimum atomic E-state index is -0.361. The van der Waals surface area contributed by atoms with Crippen LogP contribution >= 0.6 is 86.2 Å². The van der Waals surface area contributed by atoms with Gasteiger partial charge in [-0.05, 0) is 147 Å². The maximum absolute atomic E-state index is 11.7. The number of allylic oxidation sites excluding steroid dienone is 8. The standard InChI is InChI=1S/2C17H20N2O4S2.C17H20N2O3S3.4C4H8.10CH4/c2*1-2-3-9-19-14-10-12(17(20)24)11-15(25-23-22-18)16(14)21-13-7-5-4-6-8-13;1-2-3-9-19-14-10-12(17(23)24)11-15(25-22-21-18)16(14)20-13-7-5-4-6-8-13;4*1-3-4-2;;;;;;;;;;/h2*4-8,10-11,19H,2-3,9,18H2,1H3,(H,20,24);4-8,10-11,19H,2-3,9,18H2,1H3,(H,23,24);4*3-4H,1-2H3;10*1H4. The molecule has 0 heterocycles. The molecular weight excluding hydrogens is 1410 g/mol. The number of unbranched alkanes of at least 4 members (excludes halogenated alkanes) is 3. The number of nitrogens with one attached hydrogen (secondary N) is 3. The minimum Gasteiger partial charge on any atom is -0.454 e. The first-order valence-corrected chi connectivity index (χ1v) is 33.1. The van der Waals surface area contributed by atoms with E-state index in [-0.39, 0.29) is 84.5 Å². The van der Waals surface area contributed by atoms with Crippen molar-refractivity contribution in [3.05, 3.63) is 193 Å². The summed E-state index contributed by atoms with van der Waals surface area (Å²) in [4.78, 5) is 37.7. The molecule has 6 aromatic carbocycles. The monoisotopic (exact) mass is 1540 g/mol. The molecule has 6 rings (SSSR count). The van der Waals surface area contributed by atoms with Crippen LogP contribution in [0.4, 0.5) is 17.1 Å². The Morgan fingerprint density at radius 3 is 0.792 bits per heavy atom. The zero-order valence-electron chi connectivity index (χ0n) is 53.8. The highest BCUT2D eigenvalue weighted by molar-refractivity contribution is 8.11. The Hall–Kier alpha value is -5.75. The molecule has 17 nitrogen and oxygen atoms in total. The molecule has 101 heavy (non-hydrogen) atoms. The van der Waals surface area contributed by atoms with E-state index >= 15 is 0 Å². The third kappa shape index (κ3) is 54.6. The van der Waals surface area contributed by atoms with Crippen LogP contribution in [-0.4, -0.2) is 34.1 Å². The van der Waals surface area contributed by atoms with Gasteiger partial charge in [-0.3, -0.25) is 9.59 Å². The maximum atomic E-state index is 11.7. The first-order valence-electron chi connectivity index (χ1n) is 29.2. The summed E-state index contributed by atoms with van der Waals surface area (Å²) in [6.45, 7) is 24.6. The fourth-order valence-electron chi connectivity index (χ4n) is 6.26. The second-order valence-electron chi connectivity index (χ2n) is 18.0. The number of anilines is 3. The van der Waals surface area contributed by atoms with E-state index < -0.39 is 0 Å². The Balaban J connectivity index is -0.000000115. The van der Waals surface area contributed by atoms with Crippen molar-refractivity contribution >= 4 is 118 Å². The molecule has 0 saturated heterocycles. The van der Waals surface area contributed by atoms with Gasteiger partial charge in [0, 0.05) is 36.3 Å². The zero-order valence-corrected chi connectivity index (χ0v) is 59.8. The number of hydrogen-bond acceptors (Lipinski definition) is 21. The highest BCUT2D eigenvalue weighted by Crippen LogP contribution is 2.44. The normalized spacial score (nSPS) is 9.32. The van der Waals surface area contributed by atoms with Crippen molar-refractivity contribution in [3.63, 3.8) is 0 Å². The summed E-state index contributed by atoms with van der Waals surface area (Å²) in [5, 5.41) is 9.25. The molecule has 0 aliphatic heterocycles. The van der Waals surface area contributed by atoms with Crippen LogP contribution in [0.5, 0.6) is 34.5 Å². The first kappa shape index (κ1) is 119. The Bertz CT molecular complexity index is 2690. The molecule has 0 aromatic heterocycles. The molecule has 24 heteroatoms. The molecule has 0 aliphatic rings. The second kappa shape index (κ2) is 79.9. The van der Waals surface area contributed by atoms with Gasteiger partial charge in [0.15, 0.2) is 17.2 Å². The van der Waals surface area contributed by atoms with E-state index in [1.54, 1.807) is 24.3 Å². The molecule has 0 atom stereocenters. The molecule has 9 N–H and O–H groups in total. The number of para-hydroxylation sites is 3. The van der Waals surface area contributed by atoms with E-state index in [0.29, 0.717) is 75.9 Å². The van der Waals surface area contributed by atoms with Crippen LogP contribution in [0.3, 0.4) is 0 Å². The van der Waals surface area contributed by atoms with Crippen molar-refractivity contribution in [3.8, 4) is 34.5 Å². The summed E-state index contributed by atoms with van der Waals surface area (Å²) in [5.41, 5.74) is 3.73. The number of thiol groups is 3. The Labute approximate surface area is 648 Å². The number of nitrogens with two attached hydrogens (primary N) is 3. The number of ether oxygens (including phenoxy) is 3. The predicted molar refractivity (Wildman–Crippen MR) is 462 cm³/mol. The Morgan fingerprint density at radius 1 is 0.386 bits per heavy atom.